The average Bonchev–Trinajstić information content (AvgIpc) is 2.25. The van der Waals surface area contributed by atoms with Gasteiger partial charge in [0, 0.05) is 18.8 Å². The Labute approximate surface area is 86.0 Å². The van der Waals surface area contributed by atoms with Gasteiger partial charge in [0.2, 0.25) is 0 Å². The zero-order chi connectivity index (χ0) is 10.2. The molecule has 0 saturated carbocycles. The first-order valence-corrected chi connectivity index (χ1v) is 5.30. The van der Waals surface area contributed by atoms with Crippen molar-refractivity contribution in [2.75, 3.05) is 18.5 Å². The van der Waals surface area contributed by atoms with Crippen LogP contribution >= 0.6 is 0 Å². The summed E-state index contributed by atoms with van der Waals surface area (Å²) in [5, 5.41) is 11.9. The Kier molecular flexibility index (Phi) is 5.08. The van der Waals surface area contributed by atoms with E-state index in [1.165, 1.54) is 11.3 Å². The molecule has 0 spiro atoms. The van der Waals surface area contributed by atoms with E-state index in [0.29, 0.717) is 0 Å². The van der Waals surface area contributed by atoms with E-state index >= 15 is 0 Å². The van der Waals surface area contributed by atoms with E-state index in [0.717, 1.165) is 25.8 Å². The van der Waals surface area contributed by atoms with Crippen molar-refractivity contribution in [1.82, 2.24) is 0 Å². The molecule has 14 heavy (non-hydrogen) atoms. The van der Waals surface area contributed by atoms with Gasteiger partial charge in [0.15, 0.2) is 0 Å². The predicted molar refractivity (Wildman–Crippen MR) is 60.6 cm³/mol. The van der Waals surface area contributed by atoms with E-state index in [1.54, 1.807) is 0 Å². The molecule has 0 unspecified atom stereocenters. The van der Waals surface area contributed by atoms with Gasteiger partial charge in [0.05, 0.1) is 0 Å². The van der Waals surface area contributed by atoms with E-state index in [1.807, 2.05) is 0 Å². The molecule has 2 nitrogen and oxygen atoms in total. The first-order valence-electron chi connectivity index (χ1n) is 5.30. The Balaban J connectivity index is 2.29. The van der Waals surface area contributed by atoms with Gasteiger partial charge in [0.25, 0.3) is 0 Å². The third-order valence-corrected chi connectivity index (χ3v) is 2.28. The van der Waals surface area contributed by atoms with Crippen LogP contribution in [0.4, 0.5) is 5.69 Å². The van der Waals surface area contributed by atoms with Crippen molar-refractivity contribution in [1.29, 1.82) is 0 Å². The Hall–Kier alpha value is -1.02. The second kappa shape index (κ2) is 6.44. The summed E-state index contributed by atoms with van der Waals surface area (Å²) in [5.41, 5.74) is 2.53. The molecule has 0 aromatic heterocycles. The molecule has 0 radical (unpaired) electrons. The van der Waals surface area contributed by atoms with Crippen LogP contribution in [-0.2, 0) is 6.42 Å². The number of aryl methyl sites for hydroxylation is 1. The summed E-state index contributed by atoms with van der Waals surface area (Å²) in [6, 6.07) is 8.51. The van der Waals surface area contributed by atoms with Crippen molar-refractivity contribution in [2.45, 2.75) is 26.2 Å². The average molecular weight is 193 g/mol. The maximum Gasteiger partial charge on any atom is 0.0431 e. The molecule has 0 aliphatic rings. The third kappa shape index (κ3) is 3.79. The second-order valence-corrected chi connectivity index (χ2v) is 3.41. The highest BCUT2D eigenvalue weighted by Crippen LogP contribution is 2.09. The molecule has 0 fully saturated rings. The Morgan fingerprint density at radius 3 is 2.43 bits per heavy atom. The summed E-state index contributed by atoms with van der Waals surface area (Å²) in [7, 11) is 0. The monoisotopic (exact) mass is 193 g/mol. The molecule has 0 saturated heterocycles. The van der Waals surface area contributed by atoms with Gasteiger partial charge in [-0.3, -0.25) is 0 Å². The zero-order valence-corrected chi connectivity index (χ0v) is 8.79. The molecule has 1 aromatic rings. The zero-order valence-electron chi connectivity index (χ0n) is 8.79. The largest absolute Gasteiger partial charge is 0.396 e. The van der Waals surface area contributed by atoms with Crippen LogP contribution in [0.25, 0.3) is 0 Å². The highest BCUT2D eigenvalue weighted by atomic mass is 16.2. The van der Waals surface area contributed by atoms with E-state index in [2.05, 4.69) is 36.5 Å². The van der Waals surface area contributed by atoms with E-state index in [4.69, 9.17) is 5.11 Å². The molecule has 0 aliphatic carbocycles. The molecule has 0 aliphatic heterocycles. The van der Waals surface area contributed by atoms with Crippen molar-refractivity contribution < 1.29 is 5.11 Å². The lowest BCUT2D eigenvalue weighted by atomic mass is 10.1. The summed E-state index contributed by atoms with van der Waals surface area (Å²) in [5.74, 6) is 0. The fourth-order valence-corrected chi connectivity index (χ4v) is 1.33. The van der Waals surface area contributed by atoms with Gasteiger partial charge in [0.1, 0.15) is 0 Å². The number of aliphatic hydroxyl groups excluding tert-OH is 1. The van der Waals surface area contributed by atoms with Crippen LogP contribution in [-0.4, -0.2) is 18.3 Å². The molecule has 0 heterocycles. The lowest BCUT2D eigenvalue weighted by molar-refractivity contribution is 0.286. The fourth-order valence-electron chi connectivity index (χ4n) is 1.33. The summed E-state index contributed by atoms with van der Waals surface area (Å²) in [6.45, 7) is 3.38. The van der Waals surface area contributed by atoms with Gasteiger partial charge in [-0.05, 0) is 37.0 Å². The van der Waals surface area contributed by atoms with Gasteiger partial charge < -0.3 is 10.4 Å². The molecule has 0 bridgehead atoms. The highest BCUT2D eigenvalue weighted by Gasteiger charge is 1.92. The molecule has 1 aromatic carbocycles. The van der Waals surface area contributed by atoms with Crippen LogP contribution in [0.2, 0.25) is 0 Å². The Bertz CT molecular complexity index is 243. The standard InChI is InChI=1S/C12H19NO/c1-2-11-5-7-12(8-6-11)13-9-3-4-10-14/h5-8,13-14H,2-4,9-10H2,1H3. The molecule has 0 amide bonds. The lowest BCUT2D eigenvalue weighted by Crippen LogP contribution is -2.02. The quantitative estimate of drug-likeness (QED) is 0.680. The first-order chi connectivity index (χ1) is 6.86. The molecular formula is C12H19NO. The van der Waals surface area contributed by atoms with Gasteiger partial charge in [-0.15, -0.1) is 0 Å². The minimum absolute atomic E-state index is 0.288. The molecule has 0 atom stereocenters. The second-order valence-electron chi connectivity index (χ2n) is 3.41. The van der Waals surface area contributed by atoms with E-state index in [9.17, 15) is 0 Å². The van der Waals surface area contributed by atoms with Crippen molar-refractivity contribution >= 4 is 5.69 Å². The number of aliphatic hydroxyl groups is 1. The first kappa shape index (κ1) is 11.1. The highest BCUT2D eigenvalue weighted by molar-refractivity contribution is 5.44. The molecule has 1 rings (SSSR count). The number of rotatable bonds is 6. The predicted octanol–water partition coefficient (Wildman–Crippen LogP) is 2.43. The van der Waals surface area contributed by atoms with Crippen LogP contribution in [0.15, 0.2) is 24.3 Å². The van der Waals surface area contributed by atoms with Crippen molar-refractivity contribution in [3.63, 3.8) is 0 Å². The summed E-state index contributed by atoms with van der Waals surface area (Å²) in [4.78, 5) is 0. The third-order valence-electron chi connectivity index (χ3n) is 2.28. The van der Waals surface area contributed by atoms with Crippen LogP contribution in [0.1, 0.15) is 25.3 Å². The molecule has 2 N–H and O–H groups in total. The number of hydrogen-bond acceptors (Lipinski definition) is 2. The lowest BCUT2D eigenvalue weighted by Gasteiger charge is -2.06. The van der Waals surface area contributed by atoms with Gasteiger partial charge in [-0.2, -0.15) is 0 Å². The number of hydrogen-bond donors (Lipinski definition) is 2. The fraction of sp³-hybridized carbons (Fsp3) is 0.500. The van der Waals surface area contributed by atoms with Crippen LogP contribution in [0.3, 0.4) is 0 Å². The normalized spacial score (nSPS) is 10.1. The summed E-state index contributed by atoms with van der Waals surface area (Å²) in [6.07, 6.45) is 2.98. The summed E-state index contributed by atoms with van der Waals surface area (Å²) >= 11 is 0. The van der Waals surface area contributed by atoms with Crippen LogP contribution in [0, 0.1) is 0 Å². The minimum Gasteiger partial charge on any atom is -0.396 e. The van der Waals surface area contributed by atoms with Crippen LogP contribution in [0.5, 0.6) is 0 Å². The van der Waals surface area contributed by atoms with Crippen molar-refractivity contribution in [2.24, 2.45) is 0 Å². The number of nitrogens with one attached hydrogen (secondary N) is 1. The van der Waals surface area contributed by atoms with Gasteiger partial charge in [-0.25, -0.2) is 0 Å². The molecule has 2 heteroatoms. The molecular weight excluding hydrogens is 174 g/mol. The minimum atomic E-state index is 0.288. The molecule has 78 valence electrons. The SMILES string of the molecule is CCc1ccc(NCCCCO)cc1. The maximum absolute atomic E-state index is 8.60. The van der Waals surface area contributed by atoms with Gasteiger partial charge >= 0.3 is 0 Å². The maximum atomic E-state index is 8.60. The van der Waals surface area contributed by atoms with Gasteiger partial charge in [-0.1, -0.05) is 19.1 Å². The van der Waals surface area contributed by atoms with Crippen LogP contribution < -0.4 is 5.32 Å². The smallest absolute Gasteiger partial charge is 0.0431 e. The van der Waals surface area contributed by atoms with E-state index < -0.39 is 0 Å². The number of anilines is 1. The number of benzene rings is 1. The number of unbranched alkanes of at least 4 members (excludes halogenated alkanes) is 1. The van der Waals surface area contributed by atoms with Crippen molar-refractivity contribution in [3.8, 4) is 0 Å². The summed E-state index contributed by atoms with van der Waals surface area (Å²) < 4.78 is 0. The topological polar surface area (TPSA) is 32.3 Å². The van der Waals surface area contributed by atoms with E-state index in [-0.39, 0.29) is 6.61 Å². The Morgan fingerprint density at radius 1 is 1.14 bits per heavy atom. The Morgan fingerprint density at radius 2 is 1.86 bits per heavy atom. The van der Waals surface area contributed by atoms with Crippen molar-refractivity contribution in [3.05, 3.63) is 29.8 Å².